The van der Waals surface area contributed by atoms with Crippen LogP contribution >= 0.6 is 0 Å². The number of amides is 1. The molecule has 2 aliphatic heterocycles. The molecule has 0 spiro atoms. The maximum Gasteiger partial charge on any atom is 0.237 e. The highest BCUT2D eigenvalue weighted by molar-refractivity contribution is 7.91. The zero-order valence-corrected chi connectivity index (χ0v) is 18.0. The number of benzene rings is 1. The molecule has 0 radical (unpaired) electrons. The molecule has 0 aromatic heterocycles. The lowest BCUT2D eigenvalue weighted by atomic mass is 10.1. The summed E-state index contributed by atoms with van der Waals surface area (Å²) in [7, 11) is -3.03. The van der Waals surface area contributed by atoms with Gasteiger partial charge in [-0.2, -0.15) is 0 Å². The number of rotatable bonds is 6. The van der Waals surface area contributed by atoms with Gasteiger partial charge in [0.15, 0.2) is 15.6 Å². The third kappa shape index (κ3) is 4.67. The summed E-state index contributed by atoms with van der Waals surface area (Å²) in [5, 5.41) is 0. The average molecular weight is 438 g/mol. The molecule has 30 heavy (non-hydrogen) atoms. The van der Waals surface area contributed by atoms with E-state index in [0.717, 1.165) is 12.8 Å². The first-order valence-electron chi connectivity index (χ1n) is 10.5. The number of sulfone groups is 1. The van der Waals surface area contributed by atoms with E-state index in [1.54, 1.807) is 12.1 Å². The Morgan fingerprint density at radius 1 is 1.10 bits per heavy atom. The van der Waals surface area contributed by atoms with Gasteiger partial charge in [-0.25, -0.2) is 12.8 Å². The van der Waals surface area contributed by atoms with Crippen LogP contribution in [0, 0.1) is 5.82 Å². The van der Waals surface area contributed by atoms with Crippen LogP contribution in [0.25, 0.3) is 0 Å². The van der Waals surface area contributed by atoms with Gasteiger partial charge in [0.1, 0.15) is 5.82 Å². The average Bonchev–Trinajstić information content (AvgIpc) is 3.45. The minimum absolute atomic E-state index is 0.00467. The van der Waals surface area contributed by atoms with Crippen LogP contribution < -0.4 is 4.90 Å². The number of hydrogen-bond acceptors (Lipinski definition) is 6. The Labute approximate surface area is 176 Å². The van der Waals surface area contributed by atoms with Gasteiger partial charge in [-0.05, 0) is 44.4 Å². The molecule has 3 fully saturated rings. The number of carbonyl (C=O) groups is 2. The number of hydrogen-bond donors (Lipinski definition) is 0. The van der Waals surface area contributed by atoms with Crippen LogP contribution in [0.4, 0.5) is 10.1 Å². The molecule has 1 unspecified atom stereocenters. The van der Waals surface area contributed by atoms with E-state index in [-0.39, 0.29) is 41.8 Å². The maximum absolute atomic E-state index is 14.4. The molecule has 3 aliphatic rings. The molecular weight excluding hydrogens is 409 g/mol. The molecule has 9 heteroatoms. The first kappa shape index (κ1) is 21.2. The lowest BCUT2D eigenvalue weighted by molar-refractivity contribution is -0.135. The number of piperazine rings is 1. The summed E-state index contributed by atoms with van der Waals surface area (Å²) in [6.45, 7) is 4.11. The molecule has 2 saturated heterocycles. The second-order valence-electron chi connectivity index (χ2n) is 8.57. The number of halogens is 1. The minimum Gasteiger partial charge on any atom is -0.367 e. The molecule has 1 saturated carbocycles. The second-order valence-corrected chi connectivity index (χ2v) is 10.8. The largest absolute Gasteiger partial charge is 0.367 e. The van der Waals surface area contributed by atoms with E-state index < -0.39 is 15.7 Å². The molecule has 7 nitrogen and oxygen atoms in total. The van der Waals surface area contributed by atoms with E-state index in [1.165, 1.54) is 13.0 Å². The molecular formula is C21H28FN3O4S. The summed E-state index contributed by atoms with van der Waals surface area (Å²) in [4.78, 5) is 30.2. The molecule has 0 N–H and O–H groups in total. The predicted molar refractivity (Wildman–Crippen MR) is 112 cm³/mol. The Morgan fingerprint density at radius 2 is 1.80 bits per heavy atom. The Bertz CT molecular complexity index is 940. The lowest BCUT2D eigenvalue weighted by Gasteiger charge is -2.37. The number of carbonyl (C=O) groups excluding carboxylic acids is 2. The summed E-state index contributed by atoms with van der Waals surface area (Å²) in [5.74, 6) is -0.321. The summed E-state index contributed by atoms with van der Waals surface area (Å²) < 4.78 is 38.1. The fourth-order valence-electron chi connectivity index (χ4n) is 4.46. The summed E-state index contributed by atoms with van der Waals surface area (Å²) in [5.41, 5.74) is 0.830. The van der Waals surface area contributed by atoms with Crippen LogP contribution in [0.3, 0.4) is 0 Å². The molecule has 1 amide bonds. The fraction of sp³-hybridized carbons (Fsp3) is 0.619. The second kappa shape index (κ2) is 8.26. The van der Waals surface area contributed by atoms with Gasteiger partial charge in [0, 0.05) is 43.8 Å². The number of nitrogens with zero attached hydrogens (tertiary/aromatic N) is 3. The number of anilines is 1. The quantitative estimate of drug-likeness (QED) is 0.625. The van der Waals surface area contributed by atoms with Crippen molar-refractivity contribution in [2.24, 2.45) is 0 Å². The van der Waals surface area contributed by atoms with Gasteiger partial charge in [-0.3, -0.25) is 14.5 Å². The van der Waals surface area contributed by atoms with E-state index in [4.69, 9.17) is 0 Å². The Hall–Kier alpha value is -2.00. The number of ketones is 1. The topological polar surface area (TPSA) is 78.0 Å². The van der Waals surface area contributed by atoms with Crippen LogP contribution in [0.2, 0.25) is 0 Å². The summed E-state index contributed by atoms with van der Waals surface area (Å²) >= 11 is 0. The molecule has 0 bridgehead atoms. The smallest absolute Gasteiger partial charge is 0.237 e. The molecule has 1 aromatic rings. The van der Waals surface area contributed by atoms with Crippen molar-refractivity contribution in [3.8, 4) is 0 Å². The van der Waals surface area contributed by atoms with E-state index in [2.05, 4.69) is 4.90 Å². The van der Waals surface area contributed by atoms with Gasteiger partial charge < -0.3 is 9.80 Å². The van der Waals surface area contributed by atoms with Crippen molar-refractivity contribution < 1.29 is 22.4 Å². The van der Waals surface area contributed by atoms with Crippen LogP contribution in [0.1, 0.15) is 36.5 Å². The predicted octanol–water partition coefficient (Wildman–Crippen LogP) is 1.33. The first-order valence-corrected chi connectivity index (χ1v) is 12.3. The van der Waals surface area contributed by atoms with Crippen molar-refractivity contribution >= 4 is 27.2 Å². The Kier molecular flexibility index (Phi) is 5.85. The third-order valence-corrected chi connectivity index (χ3v) is 8.01. The molecule has 2 heterocycles. The standard InChI is InChI=1S/C21H28FN3O4S/c1-15(26)16-2-5-20(19(22)12-16)24-9-7-23(8-10-24)13-21(27)25(17-3-4-17)18-6-11-30(28,29)14-18/h2,5,12,17-18H,3-4,6-11,13-14H2,1H3. The van der Waals surface area contributed by atoms with Gasteiger partial charge in [-0.1, -0.05) is 0 Å². The minimum atomic E-state index is -3.03. The van der Waals surface area contributed by atoms with E-state index >= 15 is 0 Å². The lowest BCUT2D eigenvalue weighted by Crippen LogP contribution is -2.52. The summed E-state index contributed by atoms with van der Waals surface area (Å²) in [6.07, 6.45) is 2.44. The fourth-order valence-corrected chi connectivity index (χ4v) is 6.17. The van der Waals surface area contributed by atoms with Crippen molar-refractivity contribution in [1.82, 2.24) is 9.80 Å². The van der Waals surface area contributed by atoms with E-state index in [0.29, 0.717) is 43.9 Å². The van der Waals surface area contributed by atoms with Crippen LogP contribution in [0.15, 0.2) is 18.2 Å². The molecule has 4 rings (SSSR count). The van der Waals surface area contributed by atoms with Gasteiger partial charge in [-0.15, -0.1) is 0 Å². The highest BCUT2D eigenvalue weighted by Gasteiger charge is 2.42. The van der Waals surface area contributed by atoms with Gasteiger partial charge >= 0.3 is 0 Å². The monoisotopic (exact) mass is 437 g/mol. The molecule has 1 aliphatic carbocycles. The van der Waals surface area contributed by atoms with Crippen LogP contribution in [-0.4, -0.2) is 86.2 Å². The van der Waals surface area contributed by atoms with Crippen LogP contribution in [0.5, 0.6) is 0 Å². The van der Waals surface area contributed by atoms with Gasteiger partial charge in [0.05, 0.1) is 23.7 Å². The van der Waals surface area contributed by atoms with Crippen molar-refractivity contribution in [3.63, 3.8) is 0 Å². The SMILES string of the molecule is CC(=O)c1ccc(N2CCN(CC(=O)N(C3CC3)C3CCS(=O)(=O)C3)CC2)c(F)c1. The molecule has 1 aromatic carbocycles. The Morgan fingerprint density at radius 3 is 2.33 bits per heavy atom. The highest BCUT2D eigenvalue weighted by atomic mass is 32.2. The first-order chi connectivity index (χ1) is 14.2. The van der Waals surface area contributed by atoms with Gasteiger partial charge in [0.25, 0.3) is 0 Å². The summed E-state index contributed by atoms with van der Waals surface area (Å²) in [6, 6.07) is 4.55. The zero-order chi connectivity index (χ0) is 21.5. The molecule has 164 valence electrons. The zero-order valence-electron chi connectivity index (χ0n) is 17.2. The van der Waals surface area contributed by atoms with Crippen molar-refractivity contribution in [3.05, 3.63) is 29.6 Å². The van der Waals surface area contributed by atoms with Crippen molar-refractivity contribution in [2.45, 2.75) is 38.3 Å². The highest BCUT2D eigenvalue weighted by Crippen LogP contribution is 2.32. The third-order valence-electron chi connectivity index (χ3n) is 6.26. The van der Waals surface area contributed by atoms with Crippen LogP contribution in [-0.2, 0) is 14.6 Å². The number of Topliss-reactive ketones (excluding diaryl/α,β-unsaturated/α-hetero) is 1. The van der Waals surface area contributed by atoms with Gasteiger partial charge in [0.2, 0.25) is 5.91 Å². The Balaban J connectivity index is 1.34. The van der Waals surface area contributed by atoms with E-state index in [1.807, 2.05) is 9.80 Å². The van der Waals surface area contributed by atoms with Crippen molar-refractivity contribution in [1.29, 1.82) is 0 Å². The normalized spacial score (nSPS) is 24.1. The van der Waals surface area contributed by atoms with E-state index in [9.17, 15) is 22.4 Å². The van der Waals surface area contributed by atoms with Crippen molar-refractivity contribution in [2.75, 3.05) is 49.1 Å². The molecule has 1 atom stereocenters. The maximum atomic E-state index is 14.4.